The van der Waals surface area contributed by atoms with Crippen LogP contribution in [-0.2, 0) is 4.79 Å². The van der Waals surface area contributed by atoms with Crippen LogP contribution in [0.5, 0.6) is 0 Å². The summed E-state index contributed by atoms with van der Waals surface area (Å²) in [6, 6.07) is 13.0. The summed E-state index contributed by atoms with van der Waals surface area (Å²) in [6.45, 7) is 11.2. The molecule has 2 rings (SSSR count). The van der Waals surface area contributed by atoms with Gasteiger partial charge in [0.1, 0.15) is 16.5 Å². The molecule has 1 aromatic rings. The minimum atomic E-state index is -1.19. The Kier molecular flexibility index (Phi) is 5.75. The number of carbonyl (C=O) groups is 1. The lowest BCUT2D eigenvalue weighted by Crippen LogP contribution is -2.55. The fourth-order valence-corrected chi connectivity index (χ4v) is 18.3. The first kappa shape index (κ1) is 18.0. The normalized spacial score (nSPS) is 21.7. The molecule has 5 heteroatoms. The van der Waals surface area contributed by atoms with Crippen molar-refractivity contribution in [2.45, 2.75) is 57.0 Å². The highest BCUT2D eigenvalue weighted by Gasteiger charge is 2.46. The highest BCUT2D eigenvalue weighted by atomic mass is 32.1. The molecule has 0 N–H and O–H groups in total. The molecule has 1 atom stereocenters. The maximum absolute atomic E-state index is 11.9. The molecule has 0 amide bonds. The molecule has 0 aliphatic carbocycles. The molecule has 1 fully saturated rings. The third kappa shape index (κ3) is 4.13. The molecule has 0 spiro atoms. The molecule has 2 nitrogen and oxygen atoms in total. The van der Waals surface area contributed by atoms with Crippen molar-refractivity contribution in [3.05, 3.63) is 35.9 Å². The van der Waals surface area contributed by atoms with E-state index in [0.29, 0.717) is 0 Å². The standard InChI is InChI=1S/C17H29NOSSi2/c1-21(2)13-14-22(3,4)18(21)12-8-11-16(17(19)20)15-9-6-5-7-10-15/h5-7,9-10,16H,8,11-14H2,1-4H3,(H,19,20). The van der Waals surface area contributed by atoms with E-state index in [1.54, 1.807) is 0 Å². The van der Waals surface area contributed by atoms with E-state index in [9.17, 15) is 4.79 Å². The van der Waals surface area contributed by atoms with E-state index >= 15 is 0 Å². The number of carbonyl (C=O) groups excluding carboxylic acids is 1. The number of thiol groups is 1. The molecular formula is C17H29NOSSi2. The number of nitrogens with zero attached hydrogens (tertiary/aromatic N) is 1. The van der Waals surface area contributed by atoms with Crippen LogP contribution in [0.25, 0.3) is 0 Å². The van der Waals surface area contributed by atoms with Crippen molar-refractivity contribution in [1.82, 2.24) is 4.23 Å². The van der Waals surface area contributed by atoms with E-state index in [1.807, 2.05) is 30.3 Å². The summed E-state index contributed by atoms with van der Waals surface area (Å²) in [5.41, 5.74) is 1.11. The predicted octanol–water partition coefficient (Wildman–Crippen LogP) is 4.73. The first-order valence-electron chi connectivity index (χ1n) is 8.29. The fourth-order valence-electron chi connectivity index (χ4n) is 3.88. The summed E-state index contributed by atoms with van der Waals surface area (Å²) in [6.07, 6.45) is 2.01. The van der Waals surface area contributed by atoms with Crippen LogP contribution in [-0.4, -0.2) is 32.4 Å². The van der Waals surface area contributed by atoms with E-state index in [4.69, 9.17) is 0 Å². The zero-order chi connectivity index (χ0) is 16.4. The summed E-state index contributed by atoms with van der Waals surface area (Å²) in [4.78, 5) is 11.9. The van der Waals surface area contributed by atoms with Crippen LogP contribution in [0.3, 0.4) is 0 Å². The SMILES string of the molecule is C[Si]1(C)CC[Si](C)(C)N1CCCC(C(=O)S)c1ccccc1. The molecule has 0 bridgehead atoms. The van der Waals surface area contributed by atoms with Gasteiger partial charge in [0.25, 0.3) is 0 Å². The zero-order valence-electron chi connectivity index (χ0n) is 14.3. The van der Waals surface area contributed by atoms with Gasteiger partial charge in [-0.1, -0.05) is 56.5 Å². The van der Waals surface area contributed by atoms with E-state index in [-0.39, 0.29) is 11.0 Å². The lowest BCUT2D eigenvalue weighted by atomic mass is 9.95. The van der Waals surface area contributed by atoms with Crippen molar-refractivity contribution < 1.29 is 4.79 Å². The largest absolute Gasteiger partial charge is 0.345 e. The van der Waals surface area contributed by atoms with E-state index in [1.165, 1.54) is 18.6 Å². The Hall–Kier alpha value is -0.366. The van der Waals surface area contributed by atoms with Crippen molar-refractivity contribution in [2.75, 3.05) is 6.54 Å². The van der Waals surface area contributed by atoms with Gasteiger partial charge in [0.05, 0.1) is 5.92 Å². The molecule has 0 radical (unpaired) electrons. The molecule has 1 saturated heterocycles. The fraction of sp³-hybridized carbons (Fsp3) is 0.588. The summed E-state index contributed by atoms with van der Waals surface area (Å²) in [7, 11) is -2.38. The van der Waals surface area contributed by atoms with Gasteiger partial charge in [0, 0.05) is 0 Å². The minimum absolute atomic E-state index is 0.000585. The second kappa shape index (κ2) is 7.03. The van der Waals surface area contributed by atoms with Crippen molar-refractivity contribution >= 4 is 34.2 Å². The van der Waals surface area contributed by atoms with E-state index in [0.717, 1.165) is 18.4 Å². The summed E-state index contributed by atoms with van der Waals surface area (Å²) < 4.78 is 2.89. The van der Waals surface area contributed by atoms with Gasteiger partial charge in [0.15, 0.2) is 5.12 Å². The lowest BCUT2D eigenvalue weighted by molar-refractivity contribution is -0.112. The van der Waals surface area contributed by atoms with Crippen LogP contribution >= 0.6 is 12.6 Å². The lowest BCUT2D eigenvalue weighted by Gasteiger charge is -2.39. The average molecular weight is 352 g/mol. The van der Waals surface area contributed by atoms with Gasteiger partial charge in [0.2, 0.25) is 0 Å². The van der Waals surface area contributed by atoms with Gasteiger partial charge in [-0.15, -0.1) is 12.6 Å². The molecule has 1 heterocycles. The third-order valence-corrected chi connectivity index (χ3v) is 15.9. The van der Waals surface area contributed by atoms with E-state index in [2.05, 4.69) is 43.0 Å². The second-order valence-electron chi connectivity index (χ2n) is 7.72. The molecule has 0 aromatic heterocycles. The Morgan fingerprint density at radius 1 is 1.14 bits per heavy atom. The van der Waals surface area contributed by atoms with Gasteiger partial charge in [-0.3, -0.25) is 4.79 Å². The number of hydrogen-bond acceptors (Lipinski definition) is 2. The quantitative estimate of drug-likeness (QED) is 0.590. The topological polar surface area (TPSA) is 20.3 Å². The van der Waals surface area contributed by atoms with Crippen LogP contribution in [0.4, 0.5) is 0 Å². The molecule has 1 unspecified atom stereocenters. The summed E-state index contributed by atoms with van der Waals surface area (Å²) in [5.74, 6) is -0.0540. The average Bonchev–Trinajstić information content (AvgIpc) is 2.65. The highest BCUT2D eigenvalue weighted by Crippen LogP contribution is 2.37. The Balaban J connectivity index is 1.98. The van der Waals surface area contributed by atoms with Crippen LogP contribution in [0.1, 0.15) is 24.3 Å². The highest BCUT2D eigenvalue weighted by molar-refractivity contribution is 7.96. The molecule has 1 aliphatic rings. The van der Waals surface area contributed by atoms with Crippen LogP contribution in [0.15, 0.2) is 30.3 Å². The number of rotatable bonds is 6. The first-order chi connectivity index (χ1) is 10.2. The zero-order valence-corrected chi connectivity index (χ0v) is 17.2. The van der Waals surface area contributed by atoms with E-state index < -0.39 is 16.5 Å². The van der Waals surface area contributed by atoms with Crippen molar-refractivity contribution in [3.63, 3.8) is 0 Å². The maximum Gasteiger partial charge on any atom is 0.193 e. The molecule has 1 aliphatic heterocycles. The summed E-state index contributed by atoms with van der Waals surface area (Å²) >= 11 is 4.12. The predicted molar refractivity (Wildman–Crippen MR) is 104 cm³/mol. The molecule has 1 aromatic carbocycles. The Morgan fingerprint density at radius 2 is 1.68 bits per heavy atom. The molecule has 122 valence electrons. The maximum atomic E-state index is 11.9. The Bertz CT molecular complexity index is 503. The van der Waals surface area contributed by atoms with Gasteiger partial charge >= 0.3 is 0 Å². The van der Waals surface area contributed by atoms with Gasteiger partial charge in [-0.25, -0.2) is 0 Å². The number of benzene rings is 1. The van der Waals surface area contributed by atoms with Crippen molar-refractivity contribution in [3.8, 4) is 0 Å². The summed E-state index contributed by atoms with van der Waals surface area (Å²) in [5, 5.41) is 0.000585. The van der Waals surface area contributed by atoms with Crippen LogP contribution < -0.4 is 0 Å². The van der Waals surface area contributed by atoms with Crippen LogP contribution in [0, 0.1) is 0 Å². The van der Waals surface area contributed by atoms with Crippen molar-refractivity contribution in [2.24, 2.45) is 0 Å². The third-order valence-electron chi connectivity index (χ3n) is 5.18. The molecular weight excluding hydrogens is 322 g/mol. The second-order valence-corrected chi connectivity index (χ2v) is 17.9. The molecule has 0 saturated carbocycles. The van der Waals surface area contributed by atoms with Crippen LogP contribution in [0.2, 0.25) is 38.3 Å². The van der Waals surface area contributed by atoms with Crippen molar-refractivity contribution in [1.29, 1.82) is 0 Å². The Morgan fingerprint density at radius 3 is 2.18 bits per heavy atom. The monoisotopic (exact) mass is 351 g/mol. The number of hydrogen-bond donors (Lipinski definition) is 1. The minimum Gasteiger partial charge on any atom is -0.345 e. The van der Waals surface area contributed by atoms with Gasteiger partial charge < -0.3 is 4.23 Å². The smallest absolute Gasteiger partial charge is 0.193 e. The van der Waals surface area contributed by atoms with Gasteiger partial charge in [-0.05, 0) is 37.0 Å². The molecule has 22 heavy (non-hydrogen) atoms. The Labute approximate surface area is 142 Å². The first-order valence-corrected chi connectivity index (χ1v) is 15.1. The van der Waals surface area contributed by atoms with Gasteiger partial charge in [-0.2, -0.15) is 0 Å².